The van der Waals surface area contributed by atoms with Gasteiger partial charge in [0, 0.05) is 23.2 Å². The molecule has 0 aliphatic carbocycles. The molecule has 154 valence electrons. The Kier molecular flexibility index (Phi) is 5.20. The maximum absolute atomic E-state index is 13.4. The third-order valence-corrected chi connectivity index (χ3v) is 5.44. The highest BCUT2D eigenvalue weighted by atomic mass is 19.2. The zero-order valence-electron chi connectivity index (χ0n) is 17.0. The minimum absolute atomic E-state index is 0.170. The summed E-state index contributed by atoms with van der Waals surface area (Å²) in [5.74, 6) is -2.00. The molecular formula is C23H22F2N4O. The highest BCUT2D eigenvalue weighted by Gasteiger charge is 2.16. The molecule has 4 rings (SSSR count). The van der Waals surface area contributed by atoms with Gasteiger partial charge in [0.2, 0.25) is 5.91 Å². The lowest BCUT2D eigenvalue weighted by Crippen LogP contribution is -2.27. The average Bonchev–Trinajstić information content (AvgIpc) is 3.08. The second-order valence-corrected chi connectivity index (χ2v) is 7.48. The van der Waals surface area contributed by atoms with Crippen LogP contribution >= 0.6 is 0 Å². The maximum atomic E-state index is 13.4. The van der Waals surface area contributed by atoms with E-state index in [0.717, 1.165) is 45.6 Å². The molecule has 0 saturated heterocycles. The lowest BCUT2D eigenvalue weighted by atomic mass is 10.0. The van der Waals surface area contributed by atoms with Crippen molar-refractivity contribution in [3.8, 4) is 0 Å². The van der Waals surface area contributed by atoms with E-state index in [0.29, 0.717) is 12.0 Å². The Morgan fingerprint density at radius 3 is 2.67 bits per heavy atom. The first-order valence-electron chi connectivity index (χ1n) is 9.83. The number of rotatable bonds is 5. The molecule has 0 aliphatic rings. The number of carbonyl (C=O) groups is 1. The third-order valence-electron chi connectivity index (χ3n) is 5.44. The Labute approximate surface area is 172 Å². The fourth-order valence-corrected chi connectivity index (χ4v) is 3.76. The van der Waals surface area contributed by atoms with E-state index in [1.54, 1.807) is 6.92 Å². The number of hydrogen-bond donors (Lipinski definition) is 1. The van der Waals surface area contributed by atoms with E-state index in [1.165, 1.54) is 6.07 Å². The number of carbonyl (C=O) groups excluding carboxylic acids is 1. The smallest absolute Gasteiger partial charge is 0.220 e. The Bertz CT molecular complexity index is 1270. The number of nitrogens with one attached hydrogen (secondary N) is 1. The van der Waals surface area contributed by atoms with Gasteiger partial charge in [0.15, 0.2) is 17.3 Å². The van der Waals surface area contributed by atoms with Crippen molar-refractivity contribution < 1.29 is 13.6 Å². The van der Waals surface area contributed by atoms with Crippen molar-refractivity contribution in [1.82, 2.24) is 19.9 Å². The normalized spacial score (nSPS) is 12.4. The van der Waals surface area contributed by atoms with Crippen LogP contribution in [0.5, 0.6) is 0 Å². The second-order valence-electron chi connectivity index (χ2n) is 7.48. The van der Waals surface area contributed by atoms with Gasteiger partial charge >= 0.3 is 0 Å². The van der Waals surface area contributed by atoms with Crippen molar-refractivity contribution in [3.05, 3.63) is 76.6 Å². The number of benzene rings is 2. The van der Waals surface area contributed by atoms with E-state index in [9.17, 15) is 13.6 Å². The van der Waals surface area contributed by atoms with E-state index < -0.39 is 17.7 Å². The molecule has 2 aromatic carbocycles. The van der Waals surface area contributed by atoms with E-state index in [2.05, 4.69) is 10.4 Å². The molecule has 0 spiro atoms. The summed E-state index contributed by atoms with van der Waals surface area (Å²) < 4.78 is 28.4. The molecule has 2 aromatic heterocycles. The number of halogens is 2. The predicted molar refractivity (Wildman–Crippen MR) is 111 cm³/mol. The molecule has 30 heavy (non-hydrogen) atoms. The lowest BCUT2D eigenvalue weighted by molar-refractivity contribution is -0.121. The lowest BCUT2D eigenvalue weighted by Gasteiger charge is -2.15. The van der Waals surface area contributed by atoms with Crippen LogP contribution in [-0.2, 0) is 11.2 Å². The molecule has 0 bridgehead atoms. The van der Waals surface area contributed by atoms with E-state index in [1.807, 2.05) is 42.6 Å². The summed E-state index contributed by atoms with van der Waals surface area (Å²) in [6.45, 7) is 5.65. The molecule has 7 heteroatoms. The Morgan fingerprint density at radius 2 is 1.90 bits per heavy atom. The third kappa shape index (κ3) is 3.63. The molecule has 0 aliphatic heterocycles. The number of amides is 1. The quantitative estimate of drug-likeness (QED) is 0.526. The van der Waals surface area contributed by atoms with Gasteiger partial charge in [-0.25, -0.2) is 18.3 Å². The van der Waals surface area contributed by atoms with Crippen LogP contribution in [0.25, 0.3) is 16.6 Å². The molecular weight excluding hydrogens is 386 g/mol. The molecule has 4 aromatic rings. The number of nitrogens with zero attached hydrogens (tertiary/aromatic N) is 3. The van der Waals surface area contributed by atoms with Gasteiger partial charge in [-0.15, -0.1) is 0 Å². The van der Waals surface area contributed by atoms with Gasteiger partial charge in [-0.05, 0) is 62.6 Å². The van der Waals surface area contributed by atoms with Crippen molar-refractivity contribution >= 4 is 22.5 Å². The summed E-state index contributed by atoms with van der Waals surface area (Å²) in [5.41, 5.74) is 5.00. The fourth-order valence-electron chi connectivity index (χ4n) is 3.76. The number of aryl methyl sites for hydroxylation is 2. The van der Waals surface area contributed by atoms with Crippen LogP contribution < -0.4 is 5.32 Å². The average molecular weight is 408 g/mol. The Morgan fingerprint density at radius 1 is 1.13 bits per heavy atom. The van der Waals surface area contributed by atoms with Crippen LogP contribution in [0.4, 0.5) is 8.78 Å². The minimum Gasteiger partial charge on any atom is -0.350 e. The first-order chi connectivity index (χ1) is 14.3. The SMILES string of the molecule is Cc1nc2c3ccccc3nn2c(C)c1CCC(=O)N[C@H](C)c1ccc(F)c(F)c1. The summed E-state index contributed by atoms with van der Waals surface area (Å²) in [4.78, 5) is 17.2. The molecule has 0 fully saturated rings. The van der Waals surface area contributed by atoms with Crippen LogP contribution in [0.2, 0.25) is 0 Å². The molecule has 0 saturated carbocycles. The Balaban J connectivity index is 1.50. The van der Waals surface area contributed by atoms with Gasteiger partial charge in [-0.2, -0.15) is 5.10 Å². The van der Waals surface area contributed by atoms with E-state index in [4.69, 9.17) is 4.98 Å². The van der Waals surface area contributed by atoms with Crippen LogP contribution in [0.1, 0.15) is 41.9 Å². The highest BCUT2D eigenvalue weighted by molar-refractivity contribution is 5.92. The largest absolute Gasteiger partial charge is 0.350 e. The number of hydrogen-bond acceptors (Lipinski definition) is 3. The first kappa shape index (κ1) is 19.9. The standard InChI is InChI=1S/C23H22F2N4O/c1-13(16-8-10-19(24)20(25)12-16)26-22(30)11-9-17-14(2)27-23-18-6-4-5-7-21(18)28-29(23)15(17)3/h4-8,10,12-13H,9,11H2,1-3H3,(H,26,30)/t13-/m1/s1. The van der Waals surface area contributed by atoms with Gasteiger partial charge in [-0.3, -0.25) is 4.79 Å². The molecule has 1 atom stereocenters. The molecule has 0 unspecified atom stereocenters. The number of fused-ring (bicyclic) bond motifs is 3. The summed E-state index contributed by atoms with van der Waals surface area (Å²) in [6, 6.07) is 11.1. The van der Waals surface area contributed by atoms with E-state index >= 15 is 0 Å². The van der Waals surface area contributed by atoms with Gasteiger partial charge in [0.25, 0.3) is 0 Å². The van der Waals surface area contributed by atoms with Gasteiger partial charge in [0.1, 0.15) is 0 Å². The topological polar surface area (TPSA) is 59.3 Å². The maximum Gasteiger partial charge on any atom is 0.220 e. The Hall–Kier alpha value is -3.35. The van der Waals surface area contributed by atoms with Gasteiger partial charge in [0.05, 0.1) is 11.6 Å². The first-order valence-corrected chi connectivity index (χ1v) is 9.83. The van der Waals surface area contributed by atoms with Crippen LogP contribution in [0.15, 0.2) is 42.5 Å². The van der Waals surface area contributed by atoms with E-state index in [-0.39, 0.29) is 12.3 Å². The van der Waals surface area contributed by atoms with Crippen molar-refractivity contribution in [2.75, 3.05) is 0 Å². The van der Waals surface area contributed by atoms with Crippen molar-refractivity contribution in [1.29, 1.82) is 0 Å². The second kappa shape index (κ2) is 7.82. The molecule has 1 amide bonds. The van der Waals surface area contributed by atoms with Gasteiger partial charge < -0.3 is 5.32 Å². The highest BCUT2D eigenvalue weighted by Crippen LogP contribution is 2.23. The number of aromatic nitrogens is 3. The summed E-state index contributed by atoms with van der Waals surface area (Å²) >= 11 is 0. The molecule has 1 N–H and O–H groups in total. The minimum atomic E-state index is -0.925. The zero-order chi connectivity index (χ0) is 21.4. The van der Waals surface area contributed by atoms with Crippen LogP contribution in [-0.4, -0.2) is 20.5 Å². The van der Waals surface area contributed by atoms with Crippen molar-refractivity contribution in [2.24, 2.45) is 0 Å². The van der Waals surface area contributed by atoms with Crippen molar-refractivity contribution in [2.45, 2.75) is 39.7 Å². The van der Waals surface area contributed by atoms with Crippen LogP contribution in [0.3, 0.4) is 0 Å². The zero-order valence-corrected chi connectivity index (χ0v) is 17.0. The van der Waals surface area contributed by atoms with Crippen LogP contribution in [0, 0.1) is 25.5 Å². The molecule has 2 heterocycles. The molecule has 5 nitrogen and oxygen atoms in total. The van der Waals surface area contributed by atoms with Gasteiger partial charge in [-0.1, -0.05) is 18.2 Å². The summed E-state index contributed by atoms with van der Waals surface area (Å²) in [5, 5.41) is 8.47. The predicted octanol–water partition coefficient (Wildman–Crippen LogP) is 4.59. The molecule has 0 radical (unpaired) electrons. The summed E-state index contributed by atoms with van der Waals surface area (Å²) in [6.07, 6.45) is 0.761. The summed E-state index contributed by atoms with van der Waals surface area (Å²) in [7, 11) is 0. The monoisotopic (exact) mass is 408 g/mol. The fraction of sp³-hybridized carbons (Fsp3) is 0.261. The van der Waals surface area contributed by atoms with Crippen molar-refractivity contribution in [3.63, 3.8) is 0 Å².